The summed E-state index contributed by atoms with van der Waals surface area (Å²) in [5, 5.41) is 5.18. The van der Waals surface area contributed by atoms with Crippen LogP contribution in [0.2, 0.25) is 0 Å². The van der Waals surface area contributed by atoms with Crippen molar-refractivity contribution in [3.05, 3.63) is 35.4 Å². The van der Waals surface area contributed by atoms with E-state index in [0.717, 1.165) is 12.1 Å². The van der Waals surface area contributed by atoms with E-state index in [1.807, 2.05) is 0 Å². The zero-order chi connectivity index (χ0) is 17.8. The van der Waals surface area contributed by atoms with Gasteiger partial charge in [-0.1, -0.05) is 26.0 Å². The molecule has 0 aliphatic rings. The van der Waals surface area contributed by atoms with E-state index < -0.39 is 29.7 Å². The van der Waals surface area contributed by atoms with Crippen molar-refractivity contribution in [2.75, 3.05) is 0 Å². The van der Waals surface area contributed by atoms with Gasteiger partial charge in [0.1, 0.15) is 6.04 Å². The summed E-state index contributed by atoms with van der Waals surface area (Å²) in [5.74, 6) is -0.918. The van der Waals surface area contributed by atoms with E-state index in [2.05, 4.69) is 10.6 Å². The van der Waals surface area contributed by atoms with Crippen molar-refractivity contribution >= 4 is 11.8 Å². The van der Waals surface area contributed by atoms with Crippen LogP contribution in [0.25, 0.3) is 0 Å². The maximum Gasteiger partial charge on any atom is 0.416 e. The van der Waals surface area contributed by atoms with E-state index in [1.54, 1.807) is 20.8 Å². The molecule has 0 saturated carbocycles. The number of halogens is 3. The number of amides is 2. The van der Waals surface area contributed by atoms with Gasteiger partial charge in [-0.05, 0) is 30.5 Å². The molecule has 0 fully saturated rings. The Morgan fingerprint density at radius 1 is 1.09 bits per heavy atom. The second kappa shape index (κ2) is 7.48. The number of hydrogen-bond donors (Lipinski definition) is 2. The van der Waals surface area contributed by atoms with Crippen LogP contribution in [0, 0.1) is 5.92 Å². The van der Waals surface area contributed by atoms with Crippen LogP contribution in [-0.4, -0.2) is 17.9 Å². The third-order valence-corrected chi connectivity index (χ3v) is 3.38. The molecule has 0 aromatic heterocycles. The predicted octanol–water partition coefficient (Wildman–Crippen LogP) is 3.04. The van der Waals surface area contributed by atoms with Crippen LogP contribution in [0.4, 0.5) is 13.2 Å². The number of rotatable bonds is 5. The molecule has 1 aromatic carbocycles. The van der Waals surface area contributed by atoms with E-state index in [1.165, 1.54) is 19.1 Å². The van der Waals surface area contributed by atoms with Gasteiger partial charge in [0, 0.05) is 6.92 Å². The van der Waals surface area contributed by atoms with Gasteiger partial charge >= 0.3 is 6.18 Å². The lowest BCUT2D eigenvalue weighted by molar-refractivity contribution is -0.137. The van der Waals surface area contributed by atoms with Crippen LogP contribution in [0.3, 0.4) is 0 Å². The maximum absolute atomic E-state index is 12.7. The molecule has 0 spiro atoms. The highest BCUT2D eigenvalue weighted by molar-refractivity contribution is 5.87. The number of carbonyl (C=O) groups is 2. The van der Waals surface area contributed by atoms with Gasteiger partial charge in [-0.15, -0.1) is 0 Å². The predicted molar refractivity (Wildman–Crippen MR) is 80.4 cm³/mol. The standard InChI is InChI=1S/C16H21F3N2O2/c1-9(2)14(21-11(4)22)15(23)20-10(3)12-6-5-7-13(8-12)16(17,18)19/h5-10,14H,1-4H3,(H,20,23)(H,21,22). The van der Waals surface area contributed by atoms with Gasteiger partial charge in [-0.25, -0.2) is 0 Å². The molecule has 0 saturated heterocycles. The zero-order valence-electron chi connectivity index (χ0n) is 13.5. The molecule has 2 N–H and O–H groups in total. The number of nitrogens with one attached hydrogen (secondary N) is 2. The topological polar surface area (TPSA) is 58.2 Å². The Bertz CT molecular complexity index is 571. The first-order valence-corrected chi connectivity index (χ1v) is 7.27. The lowest BCUT2D eigenvalue weighted by Gasteiger charge is -2.24. The zero-order valence-corrected chi connectivity index (χ0v) is 13.5. The SMILES string of the molecule is CC(=O)NC(C(=O)NC(C)c1cccc(C(F)(F)F)c1)C(C)C. The molecule has 1 aromatic rings. The van der Waals surface area contributed by atoms with E-state index in [4.69, 9.17) is 0 Å². The third-order valence-electron chi connectivity index (χ3n) is 3.38. The van der Waals surface area contributed by atoms with Gasteiger partial charge in [0.15, 0.2) is 0 Å². The van der Waals surface area contributed by atoms with Crippen molar-refractivity contribution in [2.45, 2.75) is 46.0 Å². The Hall–Kier alpha value is -2.05. The van der Waals surface area contributed by atoms with E-state index >= 15 is 0 Å². The van der Waals surface area contributed by atoms with Crippen LogP contribution in [0.1, 0.15) is 44.9 Å². The molecule has 7 heteroatoms. The third kappa shape index (κ3) is 5.58. The fourth-order valence-electron chi connectivity index (χ4n) is 2.12. The van der Waals surface area contributed by atoms with Gasteiger partial charge in [-0.3, -0.25) is 9.59 Å². The normalized spacial score (nSPS) is 14.3. The summed E-state index contributed by atoms with van der Waals surface area (Å²) >= 11 is 0. The molecule has 0 aliphatic carbocycles. The lowest BCUT2D eigenvalue weighted by Crippen LogP contribution is -2.49. The molecular formula is C16H21F3N2O2. The fraction of sp³-hybridized carbons (Fsp3) is 0.500. The number of alkyl halides is 3. The van der Waals surface area contributed by atoms with Gasteiger partial charge in [0.2, 0.25) is 11.8 Å². The minimum absolute atomic E-state index is 0.146. The average molecular weight is 330 g/mol. The molecule has 1 rings (SSSR count). The van der Waals surface area contributed by atoms with Crippen molar-refractivity contribution in [2.24, 2.45) is 5.92 Å². The first-order valence-electron chi connectivity index (χ1n) is 7.27. The fourth-order valence-corrected chi connectivity index (χ4v) is 2.12. The average Bonchev–Trinajstić information content (AvgIpc) is 2.43. The Morgan fingerprint density at radius 3 is 2.17 bits per heavy atom. The minimum Gasteiger partial charge on any atom is -0.348 e. The highest BCUT2D eigenvalue weighted by Crippen LogP contribution is 2.30. The molecule has 128 valence electrons. The molecule has 23 heavy (non-hydrogen) atoms. The Morgan fingerprint density at radius 2 is 1.70 bits per heavy atom. The highest BCUT2D eigenvalue weighted by Gasteiger charge is 2.31. The maximum atomic E-state index is 12.7. The lowest BCUT2D eigenvalue weighted by atomic mass is 10.0. The first-order chi connectivity index (χ1) is 10.5. The molecule has 0 aliphatic heterocycles. The summed E-state index contributed by atoms with van der Waals surface area (Å²) in [5.41, 5.74) is -0.420. The Kier molecular flexibility index (Phi) is 6.18. The van der Waals surface area contributed by atoms with Crippen LogP contribution in [0.15, 0.2) is 24.3 Å². The quantitative estimate of drug-likeness (QED) is 0.872. The smallest absolute Gasteiger partial charge is 0.348 e. The van der Waals surface area contributed by atoms with E-state index in [9.17, 15) is 22.8 Å². The highest BCUT2D eigenvalue weighted by atomic mass is 19.4. The van der Waals surface area contributed by atoms with Crippen LogP contribution < -0.4 is 10.6 Å². The first kappa shape index (κ1) is 19.0. The van der Waals surface area contributed by atoms with Gasteiger partial charge in [-0.2, -0.15) is 13.2 Å². The molecule has 2 unspecified atom stereocenters. The van der Waals surface area contributed by atoms with Crippen molar-refractivity contribution in [3.63, 3.8) is 0 Å². The van der Waals surface area contributed by atoms with Crippen LogP contribution in [-0.2, 0) is 15.8 Å². The minimum atomic E-state index is -4.43. The summed E-state index contributed by atoms with van der Waals surface area (Å²) in [6.07, 6.45) is -4.43. The second-order valence-corrected chi connectivity index (χ2v) is 5.78. The Balaban J connectivity index is 2.88. The van der Waals surface area contributed by atoms with Crippen molar-refractivity contribution in [1.29, 1.82) is 0 Å². The summed E-state index contributed by atoms with van der Waals surface area (Å²) in [4.78, 5) is 23.4. The van der Waals surface area contributed by atoms with E-state index in [-0.39, 0.29) is 11.8 Å². The number of carbonyl (C=O) groups excluding carboxylic acids is 2. The molecule has 0 bridgehead atoms. The summed E-state index contributed by atoms with van der Waals surface area (Å²) in [6, 6.07) is 3.46. The van der Waals surface area contributed by atoms with E-state index in [0.29, 0.717) is 5.56 Å². The monoisotopic (exact) mass is 330 g/mol. The van der Waals surface area contributed by atoms with Crippen LogP contribution in [0.5, 0.6) is 0 Å². The molecule has 4 nitrogen and oxygen atoms in total. The van der Waals surface area contributed by atoms with Gasteiger partial charge in [0.25, 0.3) is 0 Å². The summed E-state index contributed by atoms with van der Waals surface area (Å²) in [7, 11) is 0. The van der Waals surface area contributed by atoms with Gasteiger partial charge in [0.05, 0.1) is 11.6 Å². The van der Waals surface area contributed by atoms with Crippen molar-refractivity contribution < 1.29 is 22.8 Å². The Labute approximate surface area is 133 Å². The molecular weight excluding hydrogens is 309 g/mol. The molecule has 2 amide bonds. The summed E-state index contributed by atoms with van der Waals surface area (Å²) < 4.78 is 38.2. The second-order valence-electron chi connectivity index (χ2n) is 5.78. The molecule has 0 heterocycles. The van der Waals surface area contributed by atoms with Gasteiger partial charge < -0.3 is 10.6 Å². The summed E-state index contributed by atoms with van der Waals surface area (Å²) in [6.45, 7) is 6.45. The largest absolute Gasteiger partial charge is 0.416 e. The van der Waals surface area contributed by atoms with Crippen molar-refractivity contribution in [1.82, 2.24) is 10.6 Å². The molecule has 0 radical (unpaired) electrons. The number of hydrogen-bond acceptors (Lipinski definition) is 2. The molecule has 2 atom stereocenters. The van der Waals surface area contributed by atoms with Crippen LogP contribution >= 0.6 is 0 Å². The number of benzene rings is 1. The van der Waals surface area contributed by atoms with Crippen molar-refractivity contribution in [3.8, 4) is 0 Å².